The van der Waals surface area contributed by atoms with Crippen LogP contribution in [0.15, 0.2) is 28.7 Å². The van der Waals surface area contributed by atoms with Gasteiger partial charge in [-0.1, -0.05) is 28.1 Å². The molecule has 0 aliphatic rings. The Morgan fingerprint density at radius 2 is 2.07 bits per heavy atom. The molecule has 0 unspecified atom stereocenters. The minimum absolute atomic E-state index is 0.0485. The summed E-state index contributed by atoms with van der Waals surface area (Å²) in [6.07, 6.45) is 0.713. The number of halogens is 1. The van der Waals surface area contributed by atoms with E-state index in [1.807, 2.05) is 30.3 Å². The first kappa shape index (κ1) is 11.7. The number of carbonyl (C=O) groups excluding carboxylic acids is 1. The molecule has 0 aliphatic carbocycles. The van der Waals surface area contributed by atoms with Crippen molar-refractivity contribution in [2.75, 3.05) is 6.54 Å². The van der Waals surface area contributed by atoms with Gasteiger partial charge in [0.15, 0.2) is 0 Å². The molecule has 0 bridgehead atoms. The number of hydrogen-bond acceptors (Lipinski definition) is 2. The minimum Gasteiger partial charge on any atom is -0.355 e. The third-order valence-electron chi connectivity index (χ3n) is 1.84. The van der Waals surface area contributed by atoms with Gasteiger partial charge in [-0.25, -0.2) is 0 Å². The Morgan fingerprint density at radius 3 is 2.67 bits per heavy atom. The third kappa shape index (κ3) is 4.61. The molecule has 1 amide bonds. The van der Waals surface area contributed by atoms with Crippen LogP contribution in [-0.2, 0) is 11.2 Å². The van der Waals surface area contributed by atoms with Gasteiger partial charge in [0.25, 0.3) is 0 Å². The highest BCUT2D eigenvalue weighted by atomic mass is 79.9. The number of rotatable bonds is 4. The summed E-state index contributed by atoms with van der Waals surface area (Å²) in [6.45, 7) is 0.422. The molecule has 78 valence electrons. The maximum atomic E-state index is 11.3. The van der Waals surface area contributed by atoms with Crippen LogP contribution in [0, 0.1) is 11.3 Å². The lowest BCUT2D eigenvalue weighted by Gasteiger charge is -2.02. The second-order valence-electron chi connectivity index (χ2n) is 3.06. The zero-order chi connectivity index (χ0) is 11.1. The van der Waals surface area contributed by atoms with Gasteiger partial charge in [-0.2, -0.15) is 5.26 Å². The molecule has 1 rings (SSSR count). The molecule has 0 saturated heterocycles. The second-order valence-corrected chi connectivity index (χ2v) is 3.98. The summed E-state index contributed by atoms with van der Waals surface area (Å²) in [4.78, 5) is 11.3. The Labute approximate surface area is 97.2 Å². The van der Waals surface area contributed by atoms with Crippen molar-refractivity contribution in [1.29, 1.82) is 5.26 Å². The molecule has 0 radical (unpaired) electrons. The Balaban J connectivity index is 2.38. The summed E-state index contributed by atoms with van der Waals surface area (Å²) in [5.41, 5.74) is 0.965. The smallest absolute Gasteiger partial charge is 0.224 e. The normalized spacial score (nSPS) is 9.33. The molecule has 0 fully saturated rings. The van der Waals surface area contributed by atoms with Crippen LogP contribution in [0.4, 0.5) is 0 Å². The summed E-state index contributed by atoms with van der Waals surface area (Å²) in [6, 6.07) is 9.57. The van der Waals surface area contributed by atoms with E-state index in [9.17, 15) is 4.79 Å². The lowest BCUT2D eigenvalue weighted by atomic mass is 10.1. The SMILES string of the molecule is N#CCCNC(=O)Cc1ccc(Br)cc1. The molecular formula is C11H11BrN2O. The lowest BCUT2D eigenvalue weighted by Crippen LogP contribution is -2.25. The molecule has 0 spiro atoms. The van der Waals surface area contributed by atoms with Crippen LogP contribution in [0.2, 0.25) is 0 Å². The Hall–Kier alpha value is -1.34. The first-order chi connectivity index (χ1) is 7.22. The molecule has 3 nitrogen and oxygen atoms in total. The number of nitrogens with zero attached hydrogens (tertiary/aromatic N) is 1. The van der Waals surface area contributed by atoms with E-state index in [1.165, 1.54) is 0 Å². The number of nitrogens with one attached hydrogen (secondary N) is 1. The van der Waals surface area contributed by atoms with Gasteiger partial charge in [0, 0.05) is 11.0 Å². The van der Waals surface area contributed by atoms with Crippen molar-refractivity contribution < 1.29 is 4.79 Å². The van der Waals surface area contributed by atoms with E-state index in [4.69, 9.17) is 5.26 Å². The monoisotopic (exact) mass is 266 g/mol. The summed E-state index contributed by atoms with van der Waals surface area (Å²) in [5.74, 6) is -0.0485. The topological polar surface area (TPSA) is 52.9 Å². The summed E-state index contributed by atoms with van der Waals surface area (Å²) in [7, 11) is 0. The molecule has 1 N–H and O–H groups in total. The maximum absolute atomic E-state index is 11.3. The van der Waals surface area contributed by atoms with Crippen LogP contribution in [-0.4, -0.2) is 12.5 Å². The number of benzene rings is 1. The number of nitriles is 1. The zero-order valence-corrected chi connectivity index (χ0v) is 9.75. The van der Waals surface area contributed by atoms with Crippen molar-refractivity contribution in [3.05, 3.63) is 34.3 Å². The van der Waals surface area contributed by atoms with Gasteiger partial charge >= 0.3 is 0 Å². The van der Waals surface area contributed by atoms with E-state index in [1.54, 1.807) is 0 Å². The third-order valence-corrected chi connectivity index (χ3v) is 2.37. The predicted octanol–water partition coefficient (Wildman–Crippen LogP) is 2.02. The van der Waals surface area contributed by atoms with E-state index in [2.05, 4.69) is 21.2 Å². The molecule has 4 heteroatoms. The number of hydrogen-bond donors (Lipinski definition) is 1. The largest absolute Gasteiger partial charge is 0.355 e. The fourth-order valence-corrected chi connectivity index (χ4v) is 1.37. The molecule has 0 saturated carbocycles. The average Bonchev–Trinajstić information content (AvgIpc) is 2.22. The number of carbonyl (C=O) groups is 1. The molecule has 0 aliphatic heterocycles. The van der Waals surface area contributed by atoms with E-state index < -0.39 is 0 Å². The Bertz CT molecular complexity index is 367. The van der Waals surface area contributed by atoms with Gasteiger partial charge < -0.3 is 5.32 Å². The van der Waals surface area contributed by atoms with Crippen molar-refractivity contribution >= 4 is 21.8 Å². The van der Waals surface area contributed by atoms with Crippen LogP contribution in [0.1, 0.15) is 12.0 Å². The van der Waals surface area contributed by atoms with E-state index in [-0.39, 0.29) is 5.91 Å². The highest BCUT2D eigenvalue weighted by Crippen LogP contribution is 2.10. The van der Waals surface area contributed by atoms with Crippen molar-refractivity contribution in [3.8, 4) is 6.07 Å². The summed E-state index contributed by atoms with van der Waals surface area (Å²) < 4.78 is 0.996. The van der Waals surface area contributed by atoms with Crippen molar-refractivity contribution in [1.82, 2.24) is 5.32 Å². The molecule has 0 aromatic heterocycles. The van der Waals surface area contributed by atoms with E-state index in [0.717, 1.165) is 10.0 Å². The fraction of sp³-hybridized carbons (Fsp3) is 0.273. The Morgan fingerprint density at radius 1 is 1.40 bits per heavy atom. The summed E-state index contributed by atoms with van der Waals surface area (Å²) in [5, 5.41) is 11.0. The fourth-order valence-electron chi connectivity index (χ4n) is 1.11. The standard InChI is InChI=1S/C11H11BrN2O/c12-10-4-2-9(3-5-10)8-11(15)14-7-1-6-13/h2-5H,1,7-8H2,(H,14,15). The highest BCUT2D eigenvalue weighted by Gasteiger charge is 2.01. The van der Waals surface area contributed by atoms with Crippen LogP contribution < -0.4 is 5.32 Å². The summed E-state index contributed by atoms with van der Waals surface area (Å²) >= 11 is 3.33. The van der Waals surface area contributed by atoms with Crippen LogP contribution in [0.3, 0.4) is 0 Å². The average molecular weight is 267 g/mol. The van der Waals surface area contributed by atoms with Crippen molar-refractivity contribution in [3.63, 3.8) is 0 Å². The van der Waals surface area contributed by atoms with Gasteiger partial charge in [-0.15, -0.1) is 0 Å². The van der Waals surface area contributed by atoms with Crippen molar-refractivity contribution in [2.24, 2.45) is 0 Å². The minimum atomic E-state index is -0.0485. The van der Waals surface area contributed by atoms with E-state index >= 15 is 0 Å². The van der Waals surface area contributed by atoms with Crippen LogP contribution >= 0.6 is 15.9 Å². The van der Waals surface area contributed by atoms with Gasteiger partial charge in [0.1, 0.15) is 0 Å². The van der Waals surface area contributed by atoms with E-state index in [0.29, 0.717) is 19.4 Å². The first-order valence-electron chi connectivity index (χ1n) is 4.60. The molecule has 15 heavy (non-hydrogen) atoms. The van der Waals surface area contributed by atoms with Gasteiger partial charge in [0.2, 0.25) is 5.91 Å². The second kappa shape index (κ2) is 6.20. The number of amides is 1. The molecule has 0 atom stereocenters. The molecule has 0 heterocycles. The maximum Gasteiger partial charge on any atom is 0.224 e. The predicted molar refractivity (Wildman–Crippen MR) is 61.1 cm³/mol. The van der Waals surface area contributed by atoms with Crippen molar-refractivity contribution in [2.45, 2.75) is 12.8 Å². The quantitative estimate of drug-likeness (QED) is 0.848. The van der Waals surface area contributed by atoms with Gasteiger partial charge in [0.05, 0.1) is 18.9 Å². The zero-order valence-electron chi connectivity index (χ0n) is 8.16. The van der Waals surface area contributed by atoms with Gasteiger partial charge in [-0.05, 0) is 17.7 Å². The molecule has 1 aromatic carbocycles. The lowest BCUT2D eigenvalue weighted by molar-refractivity contribution is -0.120. The Kier molecular flexibility index (Phi) is 4.85. The molecule has 1 aromatic rings. The first-order valence-corrected chi connectivity index (χ1v) is 5.40. The van der Waals surface area contributed by atoms with Gasteiger partial charge in [-0.3, -0.25) is 4.79 Å². The van der Waals surface area contributed by atoms with Crippen LogP contribution in [0.5, 0.6) is 0 Å². The van der Waals surface area contributed by atoms with Crippen LogP contribution in [0.25, 0.3) is 0 Å². The highest BCUT2D eigenvalue weighted by molar-refractivity contribution is 9.10. The molecular weight excluding hydrogens is 256 g/mol.